The second-order valence-electron chi connectivity index (χ2n) is 3.78. The molecule has 88 valence electrons. The maximum absolute atomic E-state index is 12.0. The summed E-state index contributed by atoms with van der Waals surface area (Å²) in [4.78, 5) is 0. The molecule has 0 aliphatic carbocycles. The molecule has 1 heterocycles. The van der Waals surface area contributed by atoms with E-state index >= 15 is 0 Å². The van der Waals surface area contributed by atoms with Crippen LogP contribution in [0.5, 0.6) is 0 Å². The van der Waals surface area contributed by atoms with Gasteiger partial charge in [-0.3, -0.25) is 4.57 Å². The molecular weight excluding hydrogens is 211 g/mol. The number of hydrogen-bond acceptors (Lipinski definition) is 3. The van der Waals surface area contributed by atoms with Crippen LogP contribution in [0.2, 0.25) is 0 Å². The van der Waals surface area contributed by atoms with Crippen molar-refractivity contribution in [2.24, 2.45) is 0 Å². The zero-order valence-electron chi connectivity index (χ0n) is 9.65. The Morgan fingerprint density at radius 1 is 1.47 bits per heavy atom. The lowest BCUT2D eigenvalue weighted by Gasteiger charge is -2.25. The molecule has 4 heteroatoms. The van der Waals surface area contributed by atoms with Gasteiger partial charge in [0.2, 0.25) is 0 Å². The lowest BCUT2D eigenvalue weighted by atomic mass is 10.1. The van der Waals surface area contributed by atoms with Crippen molar-refractivity contribution < 1.29 is 13.6 Å². The van der Waals surface area contributed by atoms with Crippen molar-refractivity contribution >= 4 is 7.60 Å². The van der Waals surface area contributed by atoms with Crippen molar-refractivity contribution in [3.05, 3.63) is 12.2 Å². The van der Waals surface area contributed by atoms with Crippen molar-refractivity contribution in [2.45, 2.75) is 45.6 Å². The maximum atomic E-state index is 12.0. The van der Waals surface area contributed by atoms with Crippen LogP contribution in [0.25, 0.3) is 0 Å². The van der Waals surface area contributed by atoms with Crippen LogP contribution in [0.15, 0.2) is 12.2 Å². The smallest absolute Gasteiger partial charge is 0.309 e. The fourth-order valence-electron chi connectivity index (χ4n) is 1.65. The predicted molar refractivity (Wildman–Crippen MR) is 62.3 cm³/mol. The predicted octanol–water partition coefficient (Wildman–Crippen LogP) is 3.75. The number of allylic oxidation sites excluding steroid dienone is 1. The van der Waals surface area contributed by atoms with Crippen LogP contribution in [0, 0.1) is 0 Å². The van der Waals surface area contributed by atoms with E-state index in [2.05, 4.69) is 6.92 Å². The summed E-state index contributed by atoms with van der Waals surface area (Å²) in [5, 5.41) is 0. The summed E-state index contributed by atoms with van der Waals surface area (Å²) < 4.78 is 22.7. The van der Waals surface area contributed by atoms with Gasteiger partial charge in [0, 0.05) is 0 Å². The van der Waals surface area contributed by atoms with Gasteiger partial charge in [-0.05, 0) is 13.3 Å². The lowest BCUT2D eigenvalue weighted by molar-refractivity contribution is 0.167. The van der Waals surface area contributed by atoms with Gasteiger partial charge in [-0.15, -0.1) is 0 Å². The lowest BCUT2D eigenvalue weighted by Crippen LogP contribution is -2.15. The van der Waals surface area contributed by atoms with Gasteiger partial charge < -0.3 is 9.05 Å². The van der Waals surface area contributed by atoms with Crippen LogP contribution in [-0.4, -0.2) is 18.9 Å². The van der Waals surface area contributed by atoms with Gasteiger partial charge in [-0.2, -0.15) is 0 Å². The van der Waals surface area contributed by atoms with Crippen LogP contribution in [0.3, 0.4) is 0 Å². The molecular formula is C11H21O3P. The summed E-state index contributed by atoms with van der Waals surface area (Å²) in [6.45, 7) is 4.46. The van der Waals surface area contributed by atoms with Gasteiger partial charge in [0.05, 0.1) is 18.9 Å². The number of rotatable bonds is 6. The summed E-state index contributed by atoms with van der Waals surface area (Å²) in [6.07, 6.45) is 8.81. The minimum Gasteiger partial charge on any atom is -0.309 e. The molecule has 0 spiro atoms. The van der Waals surface area contributed by atoms with E-state index in [1.165, 1.54) is 12.8 Å². The molecule has 0 bridgehead atoms. The Labute approximate surface area is 92.4 Å². The number of unbranched alkanes of at least 4 members (excludes halogenated alkanes) is 2. The molecule has 1 rings (SSSR count). The SMILES string of the molecule is CCCCCC1C=CCP(=O)(OCC)O1. The molecule has 0 aromatic rings. The van der Waals surface area contributed by atoms with E-state index in [9.17, 15) is 4.57 Å². The highest BCUT2D eigenvalue weighted by atomic mass is 31.2. The Morgan fingerprint density at radius 2 is 2.27 bits per heavy atom. The Bertz CT molecular complexity index is 250. The summed E-state index contributed by atoms with van der Waals surface area (Å²) >= 11 is 0. The molecule has 0 amide bonds. The van der Waals surface area contributed by atoms with Gasteiger partial charge in [0.1, 0.15) is 0 Å². The zero-order chi connectivity index (χ0) is 11.1. The fraction of sp³-hybridized carbons (Fsp3) is 0.818. The Hall–Kier alpha value is -0.110. The van der Waals surface area contributed by atoms with E-state index in [4.69, 9.17) is 9.05 Å². The minimum absolute atomic E-state index is 0.0114. The highest BCUT2D eigenvalue weighted by Gasteiger charge is 2.29. The van der Waals surface area contributed by atoms with Gasteiger partial charge in [-0.1, -0.05) is 38.3 Å². The Kier molecular flexibility index (Phi) is 5.59. The fourth-order valence-corrected chi connectivity index (χ4v) is 3.26. The monoisotopic (exact) mass is 232 g/mol. The van der Waals surface area contributed by atoms with Gasteiger partial charge >= 0.3 is 7.60 Å². The third-order valence-electron chi connectivity index (χ3n) is 2.39. The van der Waals surface area contributed by atoms with Crippen LogP contribution in [0.4, 0.5) is 0 Å². The molecule has 1 aliphatic rings. The number of hydrogen-bond donors (Lipinski definition) is 0. The molecule has 0 N–H and O–H groups in total. The highest BCUT2D eigenvalue weighted by Crippen LogP contribution is 2.51. The average Bonchev–Trinajstić information content (AvgIpc) is 2.18. The normalized spacial score (nSPS) is 30.7. The first kappa shape index (κ1) is 13.0. The van der Waals surface area contributed by atoms with Gasteiger partial charge in [-0.25, -0.2) is 0 Å². The molecule has 1 aliphatic heterocycles. The van der Waals surface area contributed by atoms with E-state index in [-0.39, 0.29) is 6.10 Å². The first-order valence-corrected chi connectivity index (χ1v) is 7.51. The topological polar surface area (TPSA) is 35.5 Å². The summed E-state index contributed by atoms with van der Waals surface area (Å²) in [5.74, 6) is 0. The highest BCUT2D eigenvalue weighted by molar-refractivity contribution is 7.54. The summed E-state index contributed by atoms with van der Waals surface area (Å²) in [6, 6.07) is 0. The standard InChI is InChI=1S/C11H21O3P/c1-3-5-6-8-11-9-7-10-15(12,14-11)13-4-2/h7,9,11H,3-6,8,10H2,1-2H3. The van der Waals surface area contributed by atoms with Crippen LogP contribution >= 0.6 is 7.60 Å². The van der Waals surface area contributed by atoms with Gasteiger partial charge in [0.25, 0.3) is 0 Å². The van der Waals surface area contributed by atoms with Gasteiger partial charge in [0.15, 0.2) is 0 Å². The van der Waals surface area contributed by atoms with Crippen LogP contribution in [-0.2, 0) is 13.6 Å². The molecule has 2 atom stereocenters. The molecule has 0 saturated heterocycles. The van der Waals surface area contributed by atoms with E-state index in [1.807, 2.05) is 19.1 Å². The van der Waals surface area contributed by atoms with E-state index in [1.54, 1.807) is 0 Å². The van der Waals surface area contributed by atoms with E-state index in [0.29, 0.717) is 12.8 Å². The van der Waals surface area contributed by atoms with E-state index in [0.717, 1.165) is 12.8 Å². The van der Waals surface area contributed by atoms with Crippen LogP contribution in [0.1, 0.15) is 39.5 Å². The van der Waals surface area contributed by atoms with Crippen molar-refractivity contribution in [3.63, 3.8) is 0 Å². The molecule has 0 fully saturated rings. The second-order valence-corrected chi connectivity index (χ2v) is 5.84. The third-order valence-corrected chi connectivity index (χ3v) is 4.30. The minimum atomic E-state index is -2.81. The molecule has 0 saturated carbocycles. The summed E-state index contributed by atoms with van der Waals surface area (Å²) in [7, 11) is -2.81. The van der Waals surface area contributed by atoms with Crippen molar-refractivity contribution in [2.75, 3.05) is 12.8 Å². The first-order valence-electron chi connectivity index (χ1n) is 5.79. The Balaban J connectivity index is 2.38. The summed E-state index contributed by atoms with van der Waals surface area (Å²) in [5.41, 5.74) is 0. The molecule has 3 nitrogen and oxygen atoms in total. The third kappa shape index (κ3) is 4.50. The molecule has 15 heavy (non-hydrogen) atoms. The van der Waals surface area contributed by atoms with E-state index < -0.39 is 7.60 Å². The average molecular weight is 232 g/mol. The van der Waals surface area contributed by atoms with Crippen molar-refractivity contribution in [1.82, 2.24) is 0 Å². The maximum Gasteiger partial charge on any atom is 0.334 e. The van der Waals surface area contributed by atoms with Crippen molar-refractivity contribution in [1.29, 1.82) is 0 Å². The largest absolute Gasteiger partial charge is 0.334 e. The second kappa shape index (κ2) is 6.47. The first-order chi connectivity index (χ1) is 7.20. The quantitative estimate of drug-likeness (QED) is 0.397. The molecule has 0 aromatic carbocycles. The Morgan fingerprint density at radius 3 is 2.93 bits per heavy atom. The molecule has 0 radical (unpaired) electrons. The zero-order valence-corrected chi connectivity index (χ0v) is 10.5. The van der Waals surface area contributed by atoms with Crippen LogP contribution < -0.4 is 0 Å². The molecule has 2 unspecified atom stereocenters. The van der Waals surface area contributed by atoms with Crippen molar-refractivity contribution in [3.8, 4) is 0 Å². The molecule has 0 aromatic heterocycles.